The summed E-state index contributed by atoms with van der Waals surface area (Å²) in [7, 11) is 0. The monoisotopic (exact) mass is 560 g/mol. The molecule has 39 heavy (non-hydrogen) atoms. The van der Waals surface area contributed by atoms with Gasteiger partial charge in [0.2, 0.25) is 0 Å². The van der Waals surface area contributed by atoms with Crippen molar-refractivity contribution in [1.82, 2.24) is 4.98 Å². The van der Waals surface area contributed by atoms with Crippen molar-refractivity contribution in [2.45, 2.75) is 47.0 Å². The maximum Gasteiger partial charge on any atom is 0.331 e. The lowest BCUT2D eigenvalue weighted by atomic mass is 9.93. The lowest BCUT2D eigenvalue weighted by Gasteiger charge is -2.17. The zero-order chi connectivity index (χ0) is 28.7. The predicted octanol–water partition coefficient (Wildman–Crippen LogP) is 7.35. The molecule has 0 aliphatic rings. The van der Waals surface area contributed by atoms with Gasteiger partial charge in [0.15, 0.2) is 5.13 Å². The summed E-state index contributed by atoms with van der Waals surface area (Å²) >= 11 is 1.04. The summed E-state index contributed by atoms with van der Waals surface area (Å²) in [6, 6.07) is 6.66. The number of anilines is 1. The number of aryl methyl sites for hydroxylation is 1. The molecule has 6 nitrogen and oxygen atoms in total. The van der Waals surface area contributed by atoms with Gasteiger partial charge in [-0.25, -0.2) is 22.9 Å². The molecule has 0 unspecified atom stereocenters. The number of aliphatic carboxylic acids is 1. The number of carbonyl (C=O) groups excluding carboxylic acids is 1. The zero-order valence-electron chi connectivity index (χ0n) is 22.2. The number of carboxylic acids is 1. The van der Waals surface area contributed by atoms with Gasteiger partial charge in [-0.1, -0.05) is 32.9 Å². The van der Waals surface area contributed by atoms with E-state index in [-0.39, 0.29) is 27.2 Å². The second kappa shape index (κ2) is 13.0. The van der Waals surface area contributed by atoms with Gasteiger partial charge in [-0.05, 0) is 61.4 Å². The highest BCUT2D eigenvalue weighted by Gasteiger charge is 2.18. The minimum Gasteiger partial charge on any atom is -0.478 e. The van der Waals surface area contributed by atoms with Gasteiger partial charge < -0.3 is 9.84 Å². The van der Waals surface area contributed by atoms with Crippen LogP contribution in [0.5, 0.6) is 0 Å². The van der Waals surface area contributed by atoms with Gasteiger partial charge in [0.05, 0.1) is 5.69 Å². The van der Waals surface area contributed by atoms with E-state index in [1.54, 1.807) is 23.6 Å². The van der Waals surface area contributed by atoms with Crippen LogP contribution in [0.15, 0.2) is 41.3 Å². The smallest absolute Gasteiger partial charge is 0.331 e. The third kappa shape index (κ3) is 8.49. The number of ether oxygens (including phenoxy) is 1. The number of carboxylic acid groups (broad SMARTS) is 1. The average Bonchev–Trinajstić information content (AvgIpc) is 3.31. The first kappa shape index (κ1) is 30.0. The van der Waals surface area contributed by atoms with E-state index < -0.39 is 34.9 Å². The van der Waals surface area contributed by atoms with Gasteiger partial charge in [0.25, 0.3) is 5.91 Å². The molecule has 0 bridgehead atoms. The largest absolute Gasteiger partial charge is 0.478 e. The fraction of sp³-hybridized carbons (Fsp3) is 0.345. The van der Waals surface area contributed by atoms with Crippen molar-refractivity contribution in [2.24, 2.45) is 5.41 Å². The minimum absolute atomic E-state index is 0.124. The third-order valence-corrected chi connectivity index (χ3v) is 6.61. The molecule has 10 heteroatoms. The molecule has 1 amide bonds. The van der Waals surface area contributed by atoms with Crippen LogP contribution in [-0.4, -0.2) is 35.2 Å². The van der Waals surface area contributed by atoms with Crippen LogP contribution in [-0.2, 0) is 16.0 Å². The van der Waals surface area contributed by atoms with E-state index in [0.717, 1.165) is 36.0 Å². The summed E-state index contributed by atoms with van der Waals surface area (Å²) in [6.45, 7) is 8.83. The number of halogens is 3. The Balaban J connectivity index is 1.66. The van der Waals surface area contributed by atoms with E-state index in [1.807, 2.05) is 0 Å². The van der Waals surface area contributed by atoms with Crippen LogP contribution in [0.2, 0.25) is 0 Å². The number of rotatable bonds is 11. The Kier molecular flexibility index (Phi) is 10.0. The molecule has 3 rings (SSSR count). The van der Waals surface area contributed by atoms with Crippen LogP contribution in [0.3, 0.4) is 0 Å². The SMILES string of the molecule is CC(=Cc1c(F)cc(C(=O)Nc2nc(-c3cccc(CCCOCCC(C)(C)C)c3F)cs2)cc1F)C(=O)O. The highest BCUT2D eigenvalue weighted by atomic mass is 32.1. The Hall–Kier alpha value is -3.50. The number of hydrogen-bond donors (Lipinski definition) is 2. The lowest BCUT2D eigenvalue weighted by Crippen LogP contribution is -2.13. The number of benzene rings is 2. The second-order valence-corrected chi connectivity index (χ2v) is 11.1. The van der Waals surface area contributed by atoms with E-state index in [4.69, 9.17) is 9.84 Å². The molecule has 0 atom stereocenters. The first-order valence-electron chi connectivity index (χ1n) is 12.4. The standard InChI is InChI=1S/C29H31F3N2O4S/c1-17(27(36)37)13-21-22(30)14-19(15-23(21)31)26(35)34-28-33-24(16-39-28)20-9-5-7-18(25(20)32)8-6-11-38-12-10-29(2,3)4/h5,7,9,13-16H,6,8,10-12H2,1-4H3,(H,36,37)(H,33,34,35). The quantitative estimate of drug-likeness (QED) is 0.189. The van der Waals surface area contributed by atoms with Crippen molar-refractivity contribution in [2.75, 3.05) is 18.5 Å². The van der Waals surface area contributed by atoms with Crippen molar-refractivity contribution >= 4 is 34.4 Å². The van der Waals surface area contributed by atoms with Crippen LogP contribution in [0, 0.1) is 22.9 Å². The predicted molar refractivity (Wildman–Crippen MR) is 146 cm³/mol. The van der Waals surface area contributed by atoms with E-state index in [9.17, 15) is 18.4 Å². The molecular weight excluding hydrogens is 529 g/mol. The Morgan fingerprint density at radius 3 is 2.46 bits per heavy atom. The molecule has 0 aliphatic carbocycles. The highest BCUT2D eigenvalue weighted by molar-refractivity contribution is 7.14. The minimum atomic E-state index is -1.32. The molecule has 0 aliphatic heterocycles. The van der Waals surface area contributed by atoms with E-state index in [0.29, 0.717) is 37.3 Å². The van der Waals surface area contributed by atoms with Crippen molar-refractivity contribution < 1.29 is 32.6 Å². The summed E-state index contributed by atoms with van der Waals surface area (Å²) in [6.07, 6.45) is 2.96. The van der Waals surface area contributed by atoms with Crippen LogP contribution in [0.4, 0.5) is 18.3 Å². The Morgan fingerprint density at radius 1 is 1.13 bits per heavy atom. The van der Waals surface area contributed by atoms with E-state index in [2.05, 4.69) is 31.1 Å². The number of hydrogen-bond acceptors (Lipinski definition) is 5. The molecule has 0 saturated heterocycles. The molecular formula is C29H31F3N2O4S. The summed E-state index contributed by atoms with van der Waals surface area (Å²) < 4.78 is 49.7. The number of aromatic nitrogens is 1. The normalized spacial score (nSPS) is 12.0. The summed E-state index contributed by atoms with van der Waals surface area (Å²) in [4.78, 5) is 27.8. The zero-order valence-corrected chi connectivity index (χ0v) is 23.1. The molecule has 2 N–H and O–H groups in total. The van der Waals surface area contributed by atoms with E-state index in [1.165, 1.54) is 6.92 Å². The lowest BCUT2D eigenvalue weighted by molar-refractivity contribution is -0.132. The maximum absolute atomic E-state index is 15.2. The topological polar surface area (TPSA) is 88.5 Å². The summed E-state index contributed by atoms with van der Waals surface area (Å²) in [5, 5.41) is 13.1. The van der Waals surface area contributed by atoms with E-state index >= 15 is 4.39 Å². The highest BCUT2D eigenvalue weighted by Crippen LogP contribution is 2.29. The van der Waals surface area contributed by atoms with Gasteiger partial charge in [-0.3, -0.25) is 10.1 Å². The van der Waals surface area contributed by atoms with Crippen molar-refractivity contribution in [1.29, 1.82) is 0 Å². The number of nitrogens with one attached hydrogen (secondary N) is 1. The first-order chi connectivity index (χ1) is 18.4. The molecule has 3 aromatic rings. The summed E-state index contributed by atoms with van der Waals surface area (Å²) in [5.41, 5.74) is 0.186. The van der Waals surface area contributed by atoms with Crippen molar-refractivity contribution in [3.63, 3.8) is 0 Å². The van der Waals surface area contributed by atoms with Gasteiger partial charge in [-0.15, -0.1) is 11.3 Å². The Labute approximate surface area is 229 Å². The molecule has 0 fully saturated rings. The number of nitrogens with zero attached hydrogens (tertiary/aromatic N) is 1. The van der Waals surface area contributed by atoms with Gasteiger partial charge >= 0.3 is 5.97 Å². The number of amides is 1. The Bertz CT molecular complexity index is 1360. The molecule has 1 aromatic heterocycles. The van der Waals surface area contributed by atoms with Gasteiger partial charge in [0, 0.05) is 40.9 Å². The van der Waals surface area contributed by atoms with Crippen LogP contribution in [0.25, 0.3) is 17.3 Å². The summed E-state index contributed by atoms with van der Waals surface area (Å²) in [5.74, 6) is -4.71. The fourth-order valence-electron chi connectivity index (χ4n) is 3.57. The van der Waals surface area contributed by atoms with Gasteiger partial charge in [0.1, 0.15) is 17.5 Å². The maximum atomic E-state index is 15.2. The first-order valence-corrected chi connectivity index (χ1v) is 13.3. The molecule has 0 radical (unpaired) electrons. The van der Waals surface area contributed by atoms with Crippen molar-refractivity contribution in [3.05, 3.63) is 75.4 Å². The second-order valence-electron chi connectivity index (χ2n) is 10.3. The molecule has 0 saturated carbocycles. The van der Waals surface area contributed by atoms with Crippen LogP contribution in [0.1, 0.15) is 62.0 Å². The number of carbonyl (C=O) groups is 2. The average molecular weight is 561 g/mol. The molecule has 1 heterocycles. The molecule has 0 spiro atoms. The molecule has 2 aromatic carbocycles. The number of thiazole rings is 1. The van der Waals surface area contributed by atoms with Gasteiger partial charge in [-0.2, -0.15) is 0 Å². The van der Waals surface area contributed by atoms with Crippen molar-refractivity contribution in [3.8, 4) is 11.3 Å². The fourth-order valence-corrected chi connectivity index (χ4v) is 4.28. The Morgan fingerprint density at radius 2 is 1.82 bits per heavy atom. The van der Waals surface area contributed by atoms with Crippen LogP contribution < -0.4 is 5.32 Å². The van der Waals surface area contributed by atoms with Crippen LogP contribution >= 0.6 is 11.3 Å². The third-order valence-electron chi connectivity index (χ3n) is 5.85. The molecule has 208 valence electrons.